The molecule has 1 rings (SSSR count). The maximum atomic E-state index is 11.6. The molecule has 0 N–H and O–H groups in total. The molecule has 0 aromatic heterocycles. The number of esters is 1. The fourth-order valence-corrected chi connectivity index (χ4v) is 1.53. The van der Waals surface area contributed by atoms with Gasteiger partial charge in [0.25, 0.3) is 0 Å². The van der Waals surface area contributed by atoms with Crippen LogP contribution in [-0.4, -0.2) is 13.1 Å². The van der Waals surface area contributed by atoms with Gasteiger partial charge in [-0.2, -0.15) is 0 Å². The van der Waals surface area contributed by atoms with Crippen LogP contribution in [0.25, 0.3) is 0 Å². The normalized spacial score (nSPS) is 11.2. The van der Waals surface area contributed by atoms with Gasteiger partial charge < -0.3 is 4.74 Å². The van der Waals surface area contributed by atoms with Crippen LogP contribution in [0.3, 0.4) is 0 Å². The first-order chi connectivity index (χ1) is 7.02. The summed E-state index contributed by atoms with van der Waals surface area (Å²) in [4.78, 5) is 11.6. The average Bonchev–Trinajstić information content (AvgIpc) is 2.28. The van der Waals surface area contributed by atoms with Gasteiger partial charge in [-0.1, -0.05) is 31.2 Å². The number of carbonyl (C=O) groups excluding carboxylic acids is 1. The molecule has 0 heterocycles. The number of hydrogen-bond donors (Lipinski definition) is 0. The summed E-state index contributed by atoms with van der Waals surface area (Å²) in [5.74, 6) is -0.202. The number of benzene rings is 1. The molecule has 0 aliphatic rings. The quantitative estimate of drug-likeness (QED) is 0.711. The van der Waals surface area contributed by atoms with Crippen molar-refractivity contribution in [3.05, 3.63) is 35.4 Å². The molecule has 0 spiro atoms. The molecule has 0 aliphatic carbocycles. The fraction of sp³-hybridized carbons (Fsp3) is 0.462. The number of ether oxygens (including phenoxy) is 1. The van der Waals surface area contributed by atoms with E-state index in [1.807, 2.05) is 26.0 Å². The van der Waals surface area contributed by atoms with Crippen LogP contribution in [-0.2, 0) is 21.4 Å². The van der Waals surface area contributed by atoms with Gasteiger partial charge in [-0.05, 0) is 31.4 Å². The topological polar surface area (TPSA) is 26.3 Å². The van der Waals surface area contributed by atoms with Gasteiger partial charge in [-0.15, -0.1) is 0 Å². The minimum absolute atomic E-state index is 0.202. The summed E-state index contributed by atoms with van der Waals surface area (Å²) in [6.45, 7) is 5.86. The molecular formula is C13H18O2. The second-order valence-electron chi connectivity index (χ2n) is 4.17. The van der Waals surface area contributed by atoms with E-state index in [0.29, 0.717) is 0 Å². The number of carbonyl (C=O) groups is 1. The first-order valence-corrected chi connectivity index (χ1v) is 5.20. The van der Waals surface area contributed by atoms with E-state index in [9.17, 15) is 4.79 Å². The Morgan fingerprint density at radius 1 is 1.27 bits per heavy atom. The van der Waals surface area contributed by atoms with E-state index < -0.39 is 5.41 Å². The Morgan fingerprint density at radius 2 is 1.80 bits per heavy atom. The smallest absolute Gasteiger partial charge is 0.315 e. The molecule has 0 saturated heterocycles. The molecular weight excluding hydrogens is 188 g/mol. The highest BCUT2D eigenvalue weighted by Crippen LogP contribution is 2.24. The summed E-state index contributed by atoms with van der Waals surface area (Å²) in [7, 11) is 1.42. The van der Waals surface area contributed by atoms with E-state index >= 15 is 0 Å². The Hall–Kier alpha value is -1.31. The van der Waals surface area contributed by atoms with Crippen LogP contribution in [0, 0.1) is 0 Å². The van der Waals surface area contributed by atoms with Gasteiger partial charge in [0, 0.05) is 0 Å². The summed E-state index contributed by atoms with van der Waals surface area (Å²) in [6, 6.07) is 8.10. The highest BCUT2D eigenvalue weighted by molar-refractivity contribution is 5.82. The van der Waals surface area contributed by atoms with Crippen molar-refractivity contribution in [3.63, 3.8) is 0 Å². The Kier molecular flexibility index (Phi) is 3.51. The highest BCUT2D eigenvalue weighted by atomic mass is 16.5. The minimum Gasteiger partial charge on any atom is -0.468 e. The van der Waals surface area contributed by atoms with Gasteiger partial charge in [0.2, 0.25) is 0 Å². The summed E-state index contributed by atoms with van der Waals surface area (Å²) in [5.41, 5.74) is 1.70. The van der Waals surface area contributed by atoms with Gasteiger partial charge >= 0.3 is 5.97 Å². The van der Waals surface area contributed by atoms with E-state index in [4.69, 9.17) is 4.74 Å². The second kappa shape index (κ2) is 4.47. The Labute approximate surface area is 91.3 Å². The van der Waals surface area contributed by atoms with Crippen molar-refractivity contribution in [1.29, 1.82) is 0 Å². The van der Waals surface area contributed by atoms with Crippen LogP contribution in [0.1, 0.15) is 31.9 Å². The van der Waals surface area contributed by atoms with Crippen molar-refractivity contribution >= 4 is 5.97 Å². The van der Waals surface area contributed by atoms with Gasteiger partial charge in [0.05, 0.1) is 12.5 Å². The van der Waals surface area contributed by atoms with Crippen LogP contribution in [0.15, 0.2) is 24.3 Å². The third kappa shape index (κ3) is 2.38. The highest BCUT2D eigenvalue weighted by Gasteiger charge is 2.30. The number of hydrogen-bond acceptors (Lipinski definition) is 2. The summed E-state index contributed by atoms with van der Waals surface area (Å²) >= 11 is 0. The summed E-state index contributed by atoms with van der Waals surface area (Å²) < 4.78 is 4.79. The monoisotopic (exact) mass is 206 g/mol. The largest absolute Gasteiger partial charge is 0.468 e. The molecule has 0 unspecified atom stereocenters. The lowest BCUT2D eigenvalue weighted by molar-refractivity contribution is -0.146. The first kappa shape index (κ1) is 11.8. The van der Waals surface area contributed by atoms with Crippen LogP contribution < -0.4 is 0 Å². The van der Waals surface area contributed by atoms with Crippen LogP contribution in [0.5, 0.6) is 0 Å². The van der Waals surface area contributed by atoms with Crippen molar-refractivity contribution in [2.75, 3.05) is 7.11 Å². The van der Waals surface area contributed by atoms with E-state index in [1.165, 1.54) is 12.7 Å². The van der Waals surface area contributed by atoms with E-state index in [0.717, 1.165) is 12.0 Å². The van der Waals surface area contributed by atoms with Gasteiger partial charge in [0.1, 0.15) is 0 Å². The molecule has 15 heavy (non-hydrogen) atoms. The average molecular weight is 206 g/mol. The molecule has 1 aromatic carbocycles. The molecule has 0 amide bonds. The number of rotatable bonds is 3. The van der Waals surface area contributed by atoms with Crippen molar-refractivity contribution in [2.45, 2.75) is 32.6 Å². The van der Waals surface area contributed by atoms with E-state index in [2.05, 4.69) is 19.1 Å². The molecule has 0 bridgehead atoms. The molecule has 0 radical (unpaired) electrons. The molecule has 0 fully saturated rings. The van der Waals surface area contributed by atoms with E-state index in [-0.39, 0.29) is 5.97 Å². The predicted molar refractivity (Wildman–Crippen MR) is 60.9 cm³/mol. The van der Waals surface area contributed by atoms with Gasteiger partial charge in [-0.3, -0.25) is 4.79 Å². The molecule has 2 heteroatoms. The molecule has 0 saturated carbocycles. The van der Waals surface area contributed by atoms with Crippen molar-refractivity contribution < 1.29 is 9.53 Å². The van der Waals surface area contributed by atoms with Crippen LogP contribution in [0.4, 0.5) is 0 Å². The lowest BCUT2D eigenvalue weighted by Gasteiger charge is -2.22. The second-order valence-corrected chi connectivity index (χ2v) is 4.17. The molecule has 0 aliphatic heterocycles. The lowest BCUT2D eigenvalue weighted by atomic mass is 9.84. The minimum atomic E-state index is -0.568. The van der Waals surface area contributed by atoms with Gasteiger partial charge in [0.15, 0.2) is 0 Å². The standard InChI is InChI=1S/C13H18O2/c1-5-10-6-8-11(9-7-10)13(2,3)12(14)15-4/h6-9H,5H2,1-4H3. The third-order valence-corrected chi connectivity index (χ3v) is 2.78. The predicted octanol–water partition coefficient (Wildman–Crippen LogP) is 2.70. The molecule has 2 nitrogen and oxygen atoms in total. The zero-order valence-electron chi connectivity index (χ0n) is 9.83. The number of methoxy groups -OCH3 is 1. The SMILES string of the molecule is CCc1ccc(C(C)(C)C(=O)OC)cc1. The Balaban J connectivity index is 3.00. The maximum Gasteiger partial charge on any atom is 0.315 e. The molecule has 1 aromatic rings. The third-order valence-electron chi connectivity index (χ3n) is 2.78. The zero-order valence-corrected chi connectivity index (χ0v) is 9.83. The van der Waals surface area contributed by atoms with Gasteiger partial charge in [-0.25, -0.2) is 0 Å². The summed E-state index contributed by atoms with van der Waals surface area (Å²) in [5, 5.41) is 0. The van der Waals surface area contributed by atoms with Crippen molar-refractivity contribution in [2.24, 2.45) is 0 Å². The Morgan fingerprint density at radius 3 is 2.20 bits per heavy atom. The van der Waals surface area contributed by atoms with Crippen LogP contribution in [0.2, 0.25) is 0 Å². The van der Waals surface area contributed by atoms with Crippen LogP contribution >= 0.6 is 0 Å². The fourth-order valence-electron chi connectivity index (χ4n) is 1.53. The number of aryl methyl sites for hydroxylation is 1. The van der Waals surface area contributed by atoms with Crippen molar-refractivity contribution in [3.8, 4) is 0 Å². The summed E-state index contributed by atoms with van der Waals surface area (Å²) in [6.07, 6.45) is 1.01. The maximum absolute atomic E-state index is 11.6. The Bertz CT molecular complexity index is 336. The van der Waals surface area contributed by atoms with E-state index in [1.54, 1.807) is 0 Å². The molecule has 0 atom stereocenters. The molecule has 82 valence electrons. The first-order valence-electron chi connectivity index (χ1n) is 5.20. The van der Waals surface area contributed by atoms with Crippen molar-refractivity contribution in [1.82, 2.24) is 0 Å². The lowest BCUT2D eigenvalue weighted by Crippen LogP contribution is -2.30. The zero-order chi connectivity index (χ0) is 11.5.